The molecule has 1 rings (SSSR count). The summed E-state index contributed by atoms with van der Waals surface area (Å²) in [5, 5.41) is 2.99. The van der Waals surface area contributed by atoms with E-state index in [0.717, 1.165) is 19.3 Å². The molecule has 0 aliphatic heterocycles. The summed E-state index contributed by atoms with van der Waals surface area (Å²) in [6, 6.07) is 0.104. The molecular formula is C13H26N2O. The summed E-state index contributed by atoms with van der Waals surface area (Å²) in [7, 11) is 0. The summed E-state index contributed by atoms with van der Waals surface area (Å²) in [6.45, 7) is 4.94. The van der Waals surface area contributed by atoms with E-state index < -0.39 is 0 Å². The average Bonchev–Trinajstić information content (AvgIpc) is 2.26. The first-order chi connectivity index (χ1) is 7.59. The first-order valence-electron chi connectivity index (χ1n) is 6.63. The first kappa shape index (κ1) is 13.5. The number of hydrogen-bond donors (Lipinski definition) is 2. The maximum Gasteiger partial charge on any atom is 0.223 e. The van der Waals surface area contributed by atoms with Crippen molar-refractivity contribution < 1.29 is 4.79 Å². The van der Waals surface area contributed by atoms with Crippen molar-refractivity contribution in [3.63, 3.8) is 0 Å². The second-order valence-electron chi connectivity index (χ2n) is 5.47. The molecule has 0 saturated heterocycles. The van der Waals surface area contributed by atoms with Crippen molar-refractivity contribution in [3.05, 3.63) is 0 Å². The molecule has 0 radical (unpaired) electrons. The lowest BCUT2D eigenvalue weighted by Gasteiger charge is -2.22. The molecule has 3 N–H and O–H groups in total. The van der Waals surface area contributed by atoms with Gasteiger partial charge in [-0.05, 0) is 25.2 Å². The van der Waals surface area contributed by atoms with Gasteiger partial charge < -0.3 is 11.1 Å². The van der Waals surface area contributed by atoms with E-state index in [1.54, 1.807) is 0 Å². The molecule has 0 bridgehead atoms. The van der Waals surface area contributed by atoms with E-state index in [1.807, 2.05) is 0 Å². The van der Waals surface area contributed by atoms with Crippen LogP contribution in [0.2, 0.25) is 0 Å². The monoisotopic (exact) mass is 226 g/mol. The number of nitrogens with one attached hydrogen (secondary N) is 1. The second kappa shape index (κ2) is 6.89. The van der Waals surface area contributed by atoms with Crippen LogP contribution in [0.15, 0.2) is 0 Å². The largest absolute Gasteiger partial charge is 0.354 e. The summed E-state index contributed by atoms with van der Waals surface area (Å²) in [5.74, 6) is 1.07. The fourth-order valence-electron chi connectivity index (χ4n) is 2.43. The molecule has 16 heavy (non-hydrogen) atoms. The summed E-state index contributed by atoms with van der Waals surface area (Å²) in [4.78, 5) is 11.8. The second-order valence-corrected chi connectivity index (χ2v) is 5.47. The maximum atomic E-state index is 11.8. The highest BCUT2D eigenvalue weighted by Gasteiger charge is 2.21. The van der Waals surface area contributed by atoms with Gasteiger partial charge in [0.15, 0.2) is 0 Å². The van der Waals surface area contributed by atoms with Crippen molar-refractivity contribution in [2.24, 2.45) is 17.6 Å². The van der Waals surface area contributed by atoms with Gasteiger partial charge in [0.2, 0.25) is 5.91 Å². The first-order valence-corrected chi connectivity index (χ1v) is 6.63. The van der Waals surface area contributed by atoms with Gasteiger partial charge in [-0.25, -0.2) is 0 Å². The predicted molar refractivity (Wildman–Crippen MR) is 67.0 cm³/mol. The molecule has 1 atom stereocenters. The van der Waals surface area contributed by atoms with Gasteiger partial charge >= 0.3 is 0 Å². The number of nitrogens with two attached hydrogens (primary N) is 1. The Kier molecular flexibility index (Phi) is 5.81. The van der Waals surface area contributed by atoms with Crippen LogP contribution in [-0.2, 0) is 4.79 Å². The molecule has 1 aliphatic carbocycles. The summed E-state index contributed by atoms with van der Waals surface area (Å²) in [5.41, 5.74) is 5.94. The Morgan fingerprint density at radius 3 is 2.50 bits per heavy atom. The van der Waals surface area contributed by atoms with Crippen molar-refractivity contribution in [1.29, 1.82) is 0 Å². The molecule has 0 aromatic heterocycles. The fourth-order valence-corrected chi connectivity index (χ4v) is 2.43. The minimum Gasteiger partial charge on any atom is -0.354 e. The Balaban J connectivity index is 2.18. The number of carbonyl (C=O) groups is 1. The summed E-state index contributed by atoms with van der Waals surface area (Å²) in [6.07, 6.45) is 6.80. The Labute approximate surface area is 99.2 Å². The molecule has 3 nitrogen and oxygen atoms in total. The Morgan fingerprint density at radius 1 is 1.31 bits per heavy atom. The molecule has 1 aliphatic rings. The zero-order chi connectivity index (χ0) is 12.0. The molecule has 0 aromatic rings. The van der Waals surface area contributed by atoms with Crippen molar-refractivity contribution in [1.82, 2.24) is 5.32 Å². The average molecular weight is 226 g/mol. The predicted octanol–water partition coefficient (Wildman–Crippen LogP) is 2.06. The third-order valence-corrected chi connectivity index (χ3v) is 3.29. The van der Waals surface area contributed by atoms with Crippen molar-refractivity contribution in [2.45, 2.75) is 58.4 Å². The normalized spacial score (nSPS) is 19.8. The molecule has 1 fully saturated rings. The van der Waals surface area contributed by atoms with Gasteiger partial charge in [-0.2, -0.15) is 0 Å². The van der Waals surface area contributed by atoms with E-state index in [9.17, 15) is 4.79 Å². The van der Waals surface area contributed by atoms with Gasteiger partial charge in [-0.15, -0.1) is 0 Å². The van der Waals surface area contributed by atoms with Crippen LogP contribution in [0.1, 0.15) is 52.4 Å². The Bertz CT molecular complexity index is 210. The topological polar surface area (TPSA) is 55.1 Å². The Hall–Kier alpha value is -0.570. The molecule has 1 unspecified atom stereocenters. The van der Waals surface area contributed by atoms with Crippen LogP contribution >= 0.6 is 0 Å². The SMILES string of the molecule is CC(C)CC(N)CNC(=O)C1CCCCC1. The molecular weight excluding hydrogens is 200 g/mol. The molecule has 94 valence electrons. The van der Waals surface area contributed by atoms with Crippen LogP contribution in [0.4, 0.5) is 0 Å². The van der Waals surface area contributed by atoms with Crippen LogP contribution in [0.5, 0.6) is 0 Å². The third kappa shape index (κ3) is 4.97. The van der Waals surface area contributed by atoms with E-state index in [-0.39, 0.29) is 17.9 Å². The highest BCUT2D eigenvalue weighted by Crippen LogP contribution is 2.23. The van der Waals surface area contributed by atoms with E-state index in [4.69, 9.17) is 5.73 Å². The zero-order valence-electron chi connectivity index (χ0n) is 10.7. The lowest BCUT2D eigenvalue weighted by atomic mass is 9.88. The molecule has 0 heterocycles. The lowest BCUT2D eigenvalue weighted by Crippen LogP contribution is -2.41. The van der Waals surface area contributed by atoms with Gasteiger partial charge in [-0.3, -0.25) is 4.79 Å². The van der Waals surface area contributed by atoms with Gasteiger partial charge in [0, 0.05) is 18.5 Å². The quantitative estimate of drug-likeness (QED) is 0.754. The van der Waals surface area contributed by atoms with Crippen molar-refractivity contribution in [2.75, 3.05) is 6.54 Å². The van der Waals surface area contributed by atoms with Gasteiger partial charge in [0.25, 0.3) is 0 Å². The minimum absolute atomic E-state index is 0.104. The van der Waals surface area contributed by atoms with Gasteiger partial charge in [0.1, 0.15) is 0 Å². The highest BCUT2D eigenvalue weighted by atomic mass is 16.1. The van der Waals surface area contributed by atoms with Crippen LogP contribution in [0.3, 0.4) is 0 Å². The third-order valence-electron chi connectivity index (χ3n) is 3.29. The van der Waals surface area contributed by atoms with E-state index in [0.29, 0.717) is 12.5 Å². The standard InChI is InChI=1S/C13H26N2O/c1-10(2)8-12(14)9-15-13(16)11-6-4-3-5-7-11/h10-12H,3-9,14H2,1-2H3,(H,15,16). The Morgan fingerprint density at radius 2 is 1.94 bits per heavy atom. The van der Waals surface area contributed by atoms with E-state index in [2.05, 4.69) is 19.2 Å². The van der Waals surface area contributed by atoms with Crippen molar-refractivity contribution >= 4 is 5.91 Å². The van der Waals surface area contributed by atoms with Crippen LogP contribution in [0, 0.1) is 11.8 Å². The van der Waals surface area contributed by atoms with E-state index >= 15 is 0 Å². The van der Waals surface area contributed by atoms with E-state index in [1.165, 1.54) is 19.3 Å². The number of hydrogen-bond acceptors (Lipinski definition) is 2. The number of carbonyl (C=O) groups excluding carboxylic acids is 1. The molecule has 3 heteroatoms. The highest BCUT2D eigenvalue weighted by molar-refractivity contribution is 5.78. The lowest BCUT2D eigenvalue weighted by molar-refractivity contribution is -0.126. The zero-order valence-corrected chi connectivity index (χ0v) is 10.7. The smallest absolute Gasteiger partial charge is 0.223 e. The maximum absolute atomic E-state index is 11.8. The number of rotatable bonds is 5. The van der Waals surface area contributed by atoms with Crippen LogP contribution < -0.4 is 11.1 Å². The summed E-state index contributed by atoms with van der Waals surface area (Å²) >= 11 is 0. The minimum atomic E-state index is 0.104. The molecule has 0 aromatic carbocycles. The fraction of sp³-hybridized carbons (Fsp3) is 0.923. The van der Waals surface area contributed by atoms with Gasteiger partial charge in [-0.1, -0.05) is 33.1 Å². The molecule has 1 saturated carbocycles. The molecule has 1 amide bonds. The van der Waals surface area contributed by atoms with Crippen molar-refractivity contribution in [3.8, 4) is 0 Å². The van der Waals surface area contributed by atoms with Crippen LogP contribution in [-0.4, -0.2) is 18.5 Å². The summed E-state index contributed by atoms with van der Waals surface area (Å²) < 4.78 is 0. The molecule has 0 spiro atoms. The van der Waals surface area contributed by atoms with Crippen LogP contribution in [0.25, 0.3) is 0 Å². The van der Waals surface area contributed by atoms with Gasteiger partial charge in [0.05, 0.1) is 0 Å². The number of amides is 1.